The van der Waals surface area contributed by atoms with Crippen LogP contribution >= 0.6 is 23.4 Å². The topological polar surface area (TPSA) is 107 Å². The van der Waals surface area contributed by atoms with Crippen LogP contribution in [0.15, 0.2) is 82.7 Å². The first-order valence-electron chi connectivity index (χ1n) is 9.82. The molecule has 8 nitrogen and oxygen atoms in total. The van der Waals surface area contributed by atoms with E-state index >= 15 is 0 Å². The lowest BCUT2D eigenvalue weighted by Crippen LogP contribution is -2.25. The molecule has 0 radical (unpaired) electrons. The standard InChI is InChI=1S/C23H17ClN4O4S/c24-16-10-11-19(20(12-16)28(31)32)25-21(29)14-33-23-26-18-9-5-4-8-17(18)22(30)27(23)13-15-6-2-1-3-7-15/h1-12H,13-14H2,(H,25,29). The van der Waals surface area contributed by atoms with Gasteiger partial charge in [-0.3, -0.25) is 24.3 Å². The van der Waals surface area contributed by atoms with E-state index in [-0.39, 0.29) is 27.7 Å². The number of anilines is 1. The van der Waals surface area contributed by atoms with Crippen LogP contribution in [0, 0.1) is 10.1 Å². The first-order chi connectivity index (χ1) is 15.9. The van der Waals surface area contributed by atoms with Crippen molar-refractivity contribution < 1.29 is 9.72 Å². The van der Waals surface area contributed by atoms with Crippen LogP contribution in [-0.4, -0.2) is 26.1 Å². The van der Waals surface area contributed by atoms with Crippen molar-refractivity contribution in [3.8, 4) is 0 Å². The highest BCUT2D eigenvalue weighted by molar-refractivity contribution is 7.99. The highest BCUT2D eigenvalue weighted by Gasteiger charge is 2.18. The van der Waals surface area contributed by atoms with E-state index < -0.39 is 10.8 Å². The van der Waals surface area contributed by atoms with Gasteiger partial charge in [0.15, 0.2) is 5.16 Å². The molecule has 0 aliphatic rings. The number of nitro groups is 1. The number of hydrogen-bond donors (Lipinski definition) is 1. The molecular formula is C23H17ClN4O4S. The number of amides is 1. The number of fused-ring (bicyclic) bond motifs is 1. The zero-order valence-electron chi connectivity index (χ0n) is 17.1. The van der Waals surface area contributed by atoms with Crippen LogP contribution < -0.4 is 10.9 Å². The number of nitrogens with one attached hydrogen (secondary N) is 1. The average molecular weight is 481 g/mol. The van der Waals surface area contributed by atoms with Gasteiger partial charge < -0.3 is 5.32 Å². The Morgan fingerprint density at radius 2 is 1.82 bits per heavy atom. The maximum Gasteiger partial charge on any atom is 0.294 e. The van der Waals surface area contributed by atoms with Crippen molar-refractivity contribution in [2.24, 2.45) is 0 Å². The first-order valence-corrected chi connectivity index (χ1v) is 11.2. The molecule has 1 aromatic heterocycles. The highest BCUT2D eigenvalue weighted by atomic mass is 35.5. The average Bonchev–Trinajstić information content (AvgIpc) is 2.81. The third-order valence-electron chi connectivity index (χ3n) is 4.77. The van der Waals surface area contributed by atoms with E-state index in [4.69, 9.17) is 11.6 Å². The van der Waals surface area contributed by atoms with Crippen LogP contribution in [0.4, 0.5) is 11.4 Å². The minimum atomic E-state index is -0.614. The van der Waals surface area contributed by atoms with Gasteiger partial charge in [-0.1, -0.05) is 65.8 Å². The van der Waals surface area contributed by atoms with Crippen LogP contribution in [0.5, 0.6) is 0 Å². The summed E-state index contributed by atoms with van der Waals surface area (Å²) >= 11 is 6.91. The molecule has 0 atom stereocenters. The zero-order valence-corrected chi connectivity index (χ0v) is 18.7. The Hall–Kier alpha value is -3.69. The van der Waals surface area contributed by atoms with Crippen molar-refractivity contribution in [2.75, 3.05) is 11.1 Å². The second-order valence-electron chi connectivity index (χ2n) is 7.04. The summed E-state index contributed by atoms with van der Waals surface area (Å²) in [4.78, 5) is 41.0. The molecule has 0 unspecified atom stereocenters. The fourth-order valence-corrected chi connectivity index (χ4v) is 4.21. The minimum absolute atomic E-state index is 0.0446. The molecule has 0 aliphatic carbocycles. The second-order valence-corrected chi connectivity index (χ2v) is 8.42. The number of carbonyl (C=O) groups is 1. The monoisotopic (exact) mass is 480 g/mol. The lowest BCUT2D eigenvalue weighted by atomic mass is 10.2. The number of thioether (sulfide) groups is 1. The Morgan fingerprint density at radius 3 is 2.58 bits per heavy atom. The number of benzene rings is 3. The molecule has 0 saturated heterocycles. The Labute approximate surface area is 197 Å². The van der Waals surface area contributed by atoms with Crippen LogP contribution in [-0.2, 0) is 11.3 Å². The van der Waals surface area contributed by atoms with Crippen molar-refractivity contribution >= 4 is 51.5 Å². The Balaban J connectivity index is 1.60. The molecule has 1 amide bonds. The van der Waals surface area contributed by atoms with Crippen molar-refractivity contribution in [1.29, 1.82) is 0 Å². The van der Waals surface area contributed by atoms with Gasteiger partial charge in [0.1, 0.15) is 5.69 Å². The van der Waals surface area contributed by atoms with E-state index in [1.54, 1.807) is 24.3 Å². The van der Waals surface area contributed by atoms with Crippen LogP contribution in [0.3, 0.4) is 0 Å². The fraction of sp³-hybridized carbons (Fsp3) is 0.0870. The maximum atomic E-state index is 13.2. The zero-order chi connectivity index (χ0) is 23.4. The molecule has 33 heavy (non-hydrogen) atoms. The van der Waals surface area contributed by atoms with Crippen LogP contribution in [0.2, 0.25) is 5.02 Å². The largest absolute Gasteiger partial charge is 0.320 e. The molecule has 1 N–H and O–H groups in total. The SMILES string of the molecule is O=C(CSc1nc2ccccc2c(=O)n1Cc1ccccc1)Nc1ccc(Cl)cc1[N+](=O)[O-]. The summed E-state index contributed by atoms with van der Waals surface area (Å²) in [6.45, 7) is 0.296. The molecule has 166 valence electrons. The number of hydrogen-bond acceptors (Lipinski definition) is 6. The Morgan fingerprint density at radius 1 is 1.09 bits per heavy atom. The number of aromatic nitrogens is 2. The number of nitro benzene ring substituents is 1. The molecule has 0 fully saturated rings. The molecular weight excluding hydrogens is 464 g/mol. The van der Waals surface area contributed by atoms with Crippen molar-refractivity contribution in [3.05, 3.63) is 104 Å². The summed E-state index contributed by atoms with van der Waals surface area (Å²) in [5, 5.41) is 14.8. The van der Waals surface area contributed by atoms with Crippen molar-refractivity contribution in [3.63, 3.8) is 0 Å². The van der Waals surface area contributed by atoms with Crippen LogP contribution in [0.25, 0.3) is 10.9 Å². The number of halogens is 1. The summed E-state index contributed by atoms with van der Waals surface area (Å²) in [5.41, 5.74) is 0.984. The number of para-hydroxylation sites is 1. The van der Waals surface area contributed by atoms with Gasteiger partial charge in [-0.2, -0.15) is 0 Å². The lowest BCUT2D eigenvalue weighted by Gasteiger charge is -2.13. The van der Waals surface area contributed by atoms with Gasteiger partial charge >= 0.3 is 0 Å². The summed E-state index contributed by atoms with van der Waals surface area (Å²) in [7, 11) is 0. The van der Waals surface area contributed by atoms with E-state index in [0.717, 1.165) is 17.3 Å². The molecule has 10 heteroatoms. The predicted molar refractivity (Wildman–Crippen MR) is 129 cm³/mol. The Bertz CT molecular complexity index is 1410. The van der Waals surface area contributed by atoms with Gasteiger partial charge in [-0.05, 0) is 29.8 Å². The summed E-state index contributed by atoms with van der Waals surface area (Å²) < 4.78 is 1.53. The second kappa shape index (κ2) is 9.85. The normalized spacial score (nSPS) is 10.8. The molecule has 0 spiro atoms. The number of carbonyl (C=O) groups excluding carboxylic acids is 1. The number of nitrogens with zero attached hydrogens (tertiary/aromatic N) is 3. The van der Waals surface area contributed by atoms with Crippen molar-refractivity contribution in [1.82, 2.24) is 9.55 Å². The van der Waals surface area contributed by atoms with E-state index in [1.807, 2.05) is 30.3 Å². The molecule has 0 saturated carbocycles. The summed E-state index contributed by atoms with van der Waals surface area (Å²) in [6.07, 6.45) is 0. The van der Waals surface area contributed by atoms with E-state index in [9.17, 15) is 19.7 Å². The molecule has 1 heterocycles. The molecule has 4 aromatic rings. The third kappa shape index (κ3) is 5.21. The fourth-order valence-electron chi connectivity index (χ4n) is 3.24. The van der Waals surface area contributed by atoms with Gasteiger partial charge in [0.2, 0.25) is 5.91 Å². The first kappa shape index (κ1) is 22.5. The maximum absolute atomic E-state index is 13.2. The van der Waals surface area contributed by atoms with Gasteiger partial charge in [0, 0.05) is 11.1 Å². The molecule has 3 aromatic carbocycles. The van der Waals surface area contributed by atoms with Gasteiger partial charge in [0.25, 0.3) is 11.2 Å². The minimum Gasteiger partial charge on any atom is -0.320 e. The predicted octanol–water partition coefficient (Wildman–Crippen LogP) is 4.74. The summed E-state index contributed by atoms with van der Waals surface area (Å²) in [6, 6.07) is 20.5. The van der Waals surface area contributed by atoms with Gasteiger partial charge in [-0.15, -0.1) is 0 Å². The third-order valence-corrected chi connectivity index (χ3v) is 5.98. The molecule has 4 rings (SSSR count). The quantitative estimate of drug-likeness (QED) is 0.177. The molecule has 0 aliphatic heterocycles. The van der Waals surface area contributed by atoms with Gasteiger partial charge in [0.05, 0.1) is 28.1 Å². The lowest BCUT2D eigenvalue weighted by molar-refractivity contribution is -0.383. The van der Waals surface area contributed by atoms with E-state index in [2.05, 4.69) is 10.3 Å². The highest BCUT2D eigenvalue weighted by Crippen LogP contribution is 2.28. The van der Waals surface area contributed by atoms with E-state index in [0.29, 0.717) is 22.6 Å². The summed E-state index contributed by atoms with van der Waals surface area (Å²) in [5.74, 6) is -0.571. The van der Waals surface area contributed by atoms with E-state index in [1.165, 1.54) is 22.8 Å². The smallest absolute Gasteiger partial charge is 0.294 e. The van der Waals surface area contributed by atoms with Crippen LogP contribution in [0.1, 0.15) is 5.56 Å². The van der Waals surface area contributed by atoms with Crippen molar-refractivity contribution in [2.45, 2.75) is 11.7 Å². The van der Waals surface area contributed by atoms with Gasteiger partial charge in [-0.25, -0.2) is 4.98 Å². The Kier molecular flexibility index (Phi) is 6.71. The molecule has 0 bridgehead atoms. The number of rotatable bonds is 7.